The predicted molar refractivity (Wildman–Crippen MR) is 87.1 cm³/mol. The van der Waals surface area contributed by atoms with Crippen LogP contribution in [0.2, 0.25) is 0 Å². The van der Waals surface area contributed by atoms with Crippen molar-refractivity contribution in [2.45, 2.75) is 66.0 Å². The Morgan fingerprint density at radius 1 is 1.29 bits per heavy atom. The largest absolute Gasteiger partial charge is 0.393 e. The minimum atomic E-state index is -0.213. The molecule has 1 heterocycles. The van der Waals surface area contributed by atoms with Gasteiger partial charge in [0.2, 0.25) is 5.91 Å². The van der Waals surface area contributed by atoms with Gasteiger partial charge in [-0.15, -0.1) is 0 Å². The number of amides is 1. The van der Waals surface area contributed by atoms with Crippen LogP contribution in [0.15, 0.2) is 0 Å². The molecule has 0 radical (unpaired) electrons. The normalized spacial score (nSPS) is 25.3. The maximum atomic E-state index is 11.9. The van der Waals surface area contributed by atoms with Crippen molar-refractivity contribution in [2.24, 2.45) is 17.8 Å². The van der Waals surface area contributed by atoms with Crippen molar-refractivity contribution >= 4 is 5.91 Å². The van der Waals surface area contributed by atoms with E-state index in [1.807, 2.05) is 20.8 Å². The zero-order valence-electron chi connectivity index (χ0n) is 14.4. The van der Waals surface area contributed by atoms with Gasteiger partial charge in [-0.1, -0.05) is 34.6 Å². The van der Waals surface area contributed by atoms with Gasteiger partial charge in [0.25, 0.3) is 0 Å². The molecule has 1 rings (SSSR count). The molecule has 0 aromatic heterocycles. The Hall–Kier alpha value is -0.610. The lowest BCUT2D eigenvalue weighted by Crippen LogP contribution is -2.52. The highest BCUT2D eigenvalue weighted by molar-refractivity contribution is 5.78. The lowest BCUT2D eigenvalue weighted by molar-refractivity contribution is -0.125. The Bertz CT molecular complexity index is 318. The first-order valence-electron chi connectivity index (χ1n) is 8.52. The first-order valence-corrected chi connectivity index (χ1v) is 8.52. The van der Waals surface area contributed by atoms with E-state index in [0.717, 1.165) is 38.9 Å². The highest BCUT2D eigenvalue weighted by Crippen LogP contribution is 2.23. The molecule has 1 aliphatic heterocycles. The van der Waals surface area contributed by atoms with Crippen LogP contribution >= 0.6 is 0 Å². The Kier molecular flexibility index (Phi) is 7.67. The molecule has 1 fully saturated rings. The zero-order chi connectivity index (χ0) is 16.0. The van der Waals surface area contributed by atoms with Gasteiger partial charge in [-0.05, 0) is 31.1 Å². The molecule has 0 aliphatic carbocycles. The molecule has 0 saturated carbocycles. The van der Waals surface area contributed by atoms with E-state index in [1.165, 1.54) is 0 Å². The minimum absolute atomic E-state index is 0.0326. The number of hydrogen-bond acceptors (Lipinski definition) is 3. The van der Waals surface area contributed by atoms with Crippen LogP contribution in [0.4, 0.5) is 0 Å². The van der Waals surface area contributed by atoms with Crippen LogP contribution < -0.4 is 5.32 Å². The van der Waals surface area contributed by atoms with Crippen LogP contribution in [-0.4, -0.2) is 47.7 Å². The van der Waals surface area contributed by atoms with E-state index in [2.05, 4.69) is 24.1 Å². The quantitative estimate of drug-likeness (QED) is 0.758. The summed E-state index contributed by atoms with van der Waals surface area (Å²) in [5.74, 6) is 1.28. The number of carbonyl (C=O) groups is 1. The molecule has 3 unspecified atom stereocenters. The van der Waals surface area contributed by atoms with E-state index in [1.54, 1.807) is 0 Å². The minimum Gasteiger partial charge on any atom is -0.393 e. The maximum absolute atomic E-state index is 11.9. The van der Waals surface area contributed by atoms with Crippen molar-refractivity contribution in [3.8, 4) is 0 Å². The van der Waals surface area contributed by atoms with E-state index >= 15 is 0 Å². The fourth-order valence-corrected chi connectivity index (χ4v) is 3.16. The molecule has 4 heteroatoms. The molecule has 0 bridgehead atoms. The van der Waals surface area contributed by atoms with Gasteiger partial charge >= 0.3 is 0 Å². The van der Waals surface area contributed by atoms with Crippen molar-refractivity contribution in [3.05, 3.63) is 0 Å². The van der Waals surface area contributed by atoms with E-state index < -0.39 is 0 Å². The Morgan fingerprint density at radius 2 is 1.95 bits per heavy atom. The molecule has 4 nitrogen and oxygen atoms in total. The van der Waals surface area contributed by atoms with Crippen molar-refractivity contribution in [3.63, 3.8) is 0 Å². The number of hydrogen-bond donors (Lipinski definition) is 2. The molecule has 1 amide bonds. The maximum Gasteiger partial charge on any atom is 0.222 e. The first-order chi connectivity index (χ1) is 9.81. The third-order valence-corrected chi connectivity index (χ3v) is 4.18. The molecule has 0 spiro atoms. The standard InChI is InChI=1S/C17H34N2O2/c1-6-16(20)8-14-7-15(18-17(21)13(4)5)11-19(10-14)9-12(2)3/h12-16,20H,6-11H2,1-5H3,(H,18,21). The monoisotopic (exact) mass is 298 g/mol. The van der Waals surface area contributed by atoms with Gasteiger partial charge < -0.3 is 15.3 Å². The Balaban J connectivity index is 2.62. The van der Waals surface area contributed by atoms with Crippen molar-refractivity contribution in [2.75, 3.05) is 19.6 Å². The lowest BCUT2D eigenvalue weighted by atomic mass is 9.88. The smallest absolute Gasteiger partial charge is 0.222 e. The van der Waals surface area contributed by atoms with Crippen LogP contribution in [0.25, 0.3) is 0 Å². The average Bonchev–Trinajstić information content (AvgIpc) is 2.37. The summed E-state index contributed by atoms with van der Waals surface area (Å²) < 4.78 is 0. The zero-order valence-corrected chi connectivity index (χ0v) is 14.4. The number of nitrogens with one attached hydrogen (secondary N) is 1. The van der Waals surface area contributed by atoms with Gasteiger partial charge in [0.15, 0.2) is 0 Å². The van der Waals surface area contributed by atoms with Crippen LogP contribution in [0, 0.1) is 17.8 Å². The number of rotatable bonds is 7. The summed E-state index contributed by atoms with van der Waals surface area (Å²) in [5.41, 5.74) is 0. The second-order valence-electron chi connectivity index (χ2n) is 7.37. The summed E-state index contributed by atoms with van der Waals surface area (Å²) >= 11 is 0. The van der Waals surface area contributed by atoms with E-state index in [-0.39, 0.29) is 24.0 Å². The van der Waals surface area contributed by atoms with Gasteiger partial charge in [0.05, 0.1) is 6.10 Å². The second-order valence-corrected chi connectivity index (χ2v) is 7.37. The SMILES string of the molecule is CCC(O)CC1CC(NC(=O)C(C)C)CN(CC(C)C)C1. The first kappa shape index (κ1) is 18.4. The Labute approximate surface area is 130 Å². The Morgan fingerprint density at radius 3 is 2.48 bits per heavy atom. The third-order valence-electron chi connectivity index (χ3n) is 4.18. The van der Waals surface area contributed by atoms with Crippen molar-refractivity contribution in [1.82, 2.24) is 10.2 Å². The topological polar surface area (TPSA) is 52.6 Å². The van der Waals surface area contributed by atoms with Crippen molar-refractivity contribution < 1.29 is 9.90 Å². The molecule has 21 heavy (non-hydrogen) atoms. The molecular formula is C17H34N2O2. The molecule has 1 saturated heterocycles. The average molecular weight is 298 g/mol. The molecule has 0 aromatic carbocycles. The van der Waals surface area contributed by atoms with Gasteiger partial charge in [0.1, 0.15) is 0 Å². The van der Waals surface area contributed by atoms with Crippen LogP contribution in [0.5, 0.6) is 0 Å². The van der Waals surface area contributed by atoms with Gasteiger partial charge in [-0.3, -0.25) is 4.79 Å². The molecule has 0 aromatic rings. The summed E-state index contributed by atoms with van der Waals surface area (Å²) in [7, 11) is 0. The van der Waals surface area contributed by atoms with Crippen molar-refractivity contribution in [1.29, 1.82) is 0 Å². The van der Waals surface area contributed by atoms with Gasteiger partial charge in [-0.25, -0.2) is 0 Å². The second kappa shape index (κ2) is 8.74. The molecule has 1 aliphatic rings. The molecular weight excluding hydrogens is 264 g/mol. The van der Waals surface area contributed by atoms with Crippen LogP contribution in [0.3, 0.4) is 0 Å². The molecule has 124 valence electrons. The highest BCUT2D eigenvalue weighted by Gasteiger charge is 2.29. The number of aliphatic hydroxyl groups excluding tert-OH is 1. The van der Waals surface area contributed by atoms with Crippen LogP contribution in [0.1, 0.15) is 53.9 Å². The third kappa shape index (κ3) is 6.79. The number of nitrogens with zero attached hydrogens (tertiary/aromatic N) is 1. The lowest BCUT2D eigenvalue weighted by Gasteiger charge is -2.39. The van der Waals surface area contributed by atoms with Crippen LogP contribution in [-0.2, 0) is 4.79 Å². The molecule has 3 atom stereocenters. The fourth-order valence-electron chi connectivity index (χ4n) is 3.16. The summed E-state index contributed by atoms with van der Waals surface area (Å²) in [6.07, 6.45) is 2.43. The number of carbonyl (C=O) groups excluding carboxylic acids is 1. The highest BCUT2D eigenvalue weighted by atomic mass is 16.3. The van der Waals surface area contributed by atoms with Gasteiger partial charge in [0, 0.05) is 31.6 Å². The summed E-state index contributed by atoms with van der Waals surface area (Å²) in [4.78, 5) is 14.4. The fraction of sp³-hybridized carbons (Fsp3) is 0.941. The van der Waals surface area contributed by atoms with E-state index in [4.69, 9.17) is 0 Å². The van der Waals surface area contributed by atoms with E-state index in [9.17, 15) is 9.90 Å². The summed E-state index contributed by atoms with van der Waals surface area (Å²) in [5, 5.41) is 13.1. The number of aliphatic hydroxyl groups is 1. The summed E-state index contributed by atoms with van der Waals surface area (Å²) in [6, 6.07) is 0.224. The van der Waals surface area contributed by atoms with Gasteiger partial charge in [-0.2, -0.15) is 0 Å². The summed E-state index contributed by atoms with van der Waals surface area (Å²) in [6.45, 7) is 13.4. The number of likely N-dealkylation sites (tertiary alicyclic amines) is 1. The number of piperidine rings is 1. The predicted octanol–water partition coefficient (Wildman–Crippen LogP) is 2.27. The molecule has 2 N–H and O–H groups in total. The van der Waals surface area contributed by atoms with E-state index in [0.29, 0.717) is 11.8 Å².